The van der Waals surface area contributed by atoms with Gasteiger partial charge in [0.25, 0.3) is 0 Å². The van der Waals surface area contributed by atoms with E-state index in [-0.39, 0.29) is 30.5 Å². The summed E-state index contributed by atoms with van der Waals surface area (Å²) in [6.45, 7) is 2.58. The van der Waals surface area contributed by atoms with Crippen LogP contribution in [0.1, 0.15) is 13.3 Å². The molecule has 1 aliphatic carbocycles. The van der Waals surface area contributed by atoms with Crippen LogP contribution in [0.15, 0.2) is 35.9 Å². The van der Waals surface area contributed by atoms with Crippen LogP contribution in [0.25, 0.3) is 0 Å². The summed E-state index contributed by atoms with van der Waals surface area (Å²) < 4.78 is 10.3. The summed E-state index contributed by atoms with van der Waals surface area (Å²) in [6, 6.07) is 0. The maximum absolute atomic E-state index is 11.4. The van der Waals surface area contributed by atoms with Crippen LogP contribution >= 0.6 is 0 Å². The van der Waals surface area contributed by atoms with Gasteiger partial charge in [-0.1, -0.05) is 0 Å². The molecule has 6 nitrogen and oxygen atoms in total. The van der Waals surface area contributed by atoms with Gasteiger partial charge in [-0.2, -0.15) is 0 Å². The van der Waals surface area contributed by atoms with Gasteiger partial charge < -0.3 is 19.5 Å². The van der Waals surface area contributed by atoms with Gasteiger partial charge in [0.05, 0.1) is 19.4 Å². The maximum Gasteiger partial charge on any atom is 0.325 e. The molecule has 0 saturated heterocycles. The average molecular weight is 279 g/mol. The minimum absolute atomic E-state index is 0.0565. The van der Waals surface area contributed by atoms with Crippen LogP contribution < -0.4 is 0 Å². The molecule has 0 saturated carbocycles. The van der Waals surface area contributed by atoms with E-state index in [1.165, 1.54) is 18.4 Å². The molecule has 0 fully saturated rings. The molecule has 0 amide bonds. The molecule has 1 N–H and O–H groups in total. The lowest BCUT2D eigenvalue weighted by Gasteiger charge is -2.31. The fourth-order valence-electron chi connectivity index (χ4n) is 2.11. The van der Waals surface area contributed by atoms with Gasteiger partial charge in [0.15, 0.2) is 5.78 Å². The summed E-state index contributed by atoms with van der Waals surface area (Å²) in [7, 11) is 0. The van der Waals surface area contributed by atoms with Crippen LogP contribution in [0.2, 0.25) is 0 Å². The van der Waals surface area contributed by atoms with Crippen LogP contribution in [0.3, 0.4) is 0 Å². The first-order valence-electron chi connectivity index (χ1n) is 6.45. The van der Waals surface area contributed by atoms with Crippen molar-refractivity contribution >= 4 is 11.8 Å². The van der Waals surface area contributed by atoms with Gasteiger partial charge >= 0.3 is 5.97 Å². The predicted molar refractivity (Wildman–Crippen MR) is 70.6 cm³/mol. The second-order valence-corrected chi connectivity index (χ2v) is 4.53. The number of esters is 1. The molecule has 2 aliphatic rings. The molecule has 6 heteroatoms. The number of carbonyl (C=O) groups excluding carboxylic acids is 2. The Labute approximate surface area is 117 Å². The number of allylic oxidation sites excluding steroid dienone is 2. The Hall–Kier alpha value is -2.24. The van der Waals surface area contributed by atoms with Gasteiger partial charge in [-0.05, 0) is 19.1 Å². The number of hydrogen-bond donors (Lipinski definition) is 1. The molecule has 0 spiro atoms. The number of ketones is 1. The molecule has 20 heavy (non-hydrogen) atoms. The van der Waals surface area contributed by atoms with Crippen molar-refractivity contribution in [2.45, 2.75) is 19.4 Å². The van der Waals surface area contributed by atoms with Crippen LogP contribution in [0.5, 0.6) is 0 Å². The molecule has 1 atom stereocenters. The smallest absolute Gasteiger partial charge is 0.325 e. The third-order valence-electron chi connectivity index (χ3n) is 3.06. The summed E-state index contributed by atoms with van der Waals surface area (Å²) in [5.74, 6) is -0.343. The number of aliphatic hydroxyl groups is 1. The lowest BCUT2D eigenvalue weighted by Crippen LogP contribution is -2.38. The van der Waals surface area contributed by atoms with Crippen molar-refractivity contribution < 1.29 is 24.2 Å². The van der Waals surface area contributed by atoms with E-state index in [1.807, 2.05) is 0 Å². The van der Waals surface area contributed by atoms with Crippen LogP contribution in [-0.4, -0.2) is 47.6 Å². The van der Waals surface area contributed by atoms with Crippen molar-refractivity contribution in [3.05, 3.63) is 35.9 Å². The van der Waals surface area contributed by atoms with E-state index in [4.69, 9.17) is 9.47 Å². The Morgan fingerprint density at radius 3 is 3.10 bits per heavy atom. The molecule has 0 aromatic rings. The molecule has 0 aromatic carbocycles. The molecule has 108 valence electrons. The van der Waals surface area contributed by atoms with Crippen molar-refractivity contribution in [3.8, 4) is 0 Å². The molecule has 1 aliphatic heterocycles. The third-order valence-corrected chi connectivity index (χ3v) is 3.06. The van der Waals surface area contributed by atoms with Gasteiger partial charge in [-0.15, -0.1) is 0 Å². The molecular formula is C14H17NO5. The van der Waals surface area contributed by atoms with E-state index >= 15 is 0 Å². The van der Waals surface area contributed by atoms with Crippen LogP contribution in [0.4, 0.5) is 0 Å². The van der Waals surface area contributed by atoms with E-state index in [1.54, 1.807) is 18.0 Å². The standard InChI is InChI=1S/C14H17NO5/c1-2-19-14(18)9-15-5-6-20-13(8-15)11-7-10(16)3-4-12(11)17/h3-6,13,17H,2,7-9H2,1H3. The average Bonchev–Trinajstić information content (AvgIpc) is 2.42. The Balaban J connectivity index is 2.02. The molecule has 1 heterocycles. The zero-order chi connectivity index (χ0) is 14.5. The number of rotatable bonds is 4. The highest BCUT2D eigenvalue weighted by Gasteiger charge is 2.27. The monoisotopic (exact) mass is 279 g/mol. The number of aliphatic hydroxyl groups excluding tert-OH is 1. The van der Waals surface area contributed by atoms with Crippen molar-refractivity contribution in [2.75, 3.05) is 19.7 Å². The molecular weight excluding hydrogens is 262 g/mol. The zero-order valence-electron chi connectivity index (χ0n) is 11.2. The van der Waals surface area contributed by atoms with Crippen LogP contribution in [0, 0.1) is 0 Å². The van der Waals surface area contributed by atoms with Crippen molar-refractivity contribution in [2.24, 2.45) is 0 Å². The lowest BCUT2D eigenvalue weighted by atomic mass is 9.96. The van der Waals surface area contributed by atoms with Crippen LogP contribution in [-0.2, 0) is 19.1 Å². The minimum Gasteiger partial charge on any atom is -0.508 e. The second kappa shape index (κ2) is 6.27. The highest BCUT2D eigenvalue weighted by atomic mass is 16.5. The normalized spacial score (nSPS) is 21.9. The number of ether oxygens (including phenoxy) is 2. The van der Waals surface area contributed by atoms with E-state index in [9.17, 15) is 14.7 Å². The second-order valence-electron chi connectivity index (χ2n) is 4.53. The van der Waals surface area contributed by atoms with Crippen molar-refractivity contribution in [1.29, 1.82) is 0 Å². The Morgan fingerprint density at radius 2 is 2.35 bits per heavy atom. The topological polar surface area (TPSA) is 76.1 Å². The van der Waals surface area contributed by atoms with Gasteiger partial charge in [-0.25, -0.2) is 0 Å². The molecule has 0 radical (unpaired) electrons. The first kappa shape index (κ1) is 14.2. The largest absolute Gasteiger partial charge is 0.508 e. The quantitative estimate of drug-likeness (QED) is 0.776. The van der Waals surface area contributed by atoms with E-state index in [0.29, 0.717) is 18.7 Å². The summed E-state index contributed by atoms with van der Waals surface area (Å²) in [5.41, 5.74) is 0.538. The van der Waals surface area contributed by atoms with E-state index < -0.39 is 6.10 Å². The fourth-order valence-corrected chi connectivity index (χ4v) is 2.11. The Kier molecular flexibility index (Phi) is 4.45. The van der Waals surface area contributed by atoms with E-state index in [0.717, 1.165) is 0 Å². The first-order chi connectivity index (χ1) is 9.60. The van der Waals surface area contributed by atoms with Gasteiger partial charge in [-0.3, -0.25) is 9.59 Å². The Morgan fingerprint density at radius 1 is 1.55 bits per heavy atom. The summed E-state index contributed by atoms with van der Waals surface area (Å²) in [6.07, 6.45) is 5.51. The highest BCUT2D eigenvalue weighted by molar-refractivity contribution is 5.93. The van der Waals surface area contributed by atoms with E-state index in [2.05, 4.69) is 0 Å². The maximum atomic E-state index is 11.4. The fraction of sp³-hybridized carbons (Fsp3) is 0.429. The van der Waals surface area contributed by atoms with Gasteiger partial charge in [0, 0.05) is 18.2 Å². The zero-order valence-corrected chi connectivity index (χ0v) is 11.2. The Bertz CT molecular complexity index is 492. The van der Waals surface area contributed by atoms with Crippen molar-refractivity contribution in [3.63, 3.8) is 0 Å². The molecule has 0 bridgehead atoms. The SMILES string of the molecule is CCOC(=O)CN1C=COC(C2=C(O)C=CC(=O)C2)C1. The number of carbonyl (C=O) groups is 2. The van der Waals surface area contributed by atoms with Crippen molar-refractivity contribution in [1.82, 2.24) is 4.90 Å². The summed E-state index contributed by atoms with van der Waals surface area (Å²) in [4.78, 5) is 24.6. The molecule has 1 unspecified atom stereocenters. The molecule has 2 rings (SSSR count). The molecule has 0 aromatic heterocycles. The van der Waals surface area contributed by atoms with Gasteiger partial charge in [0.1, 0.15) is 18.4 Å². The first-order valence-corrected chi connectivity index (χ1v) is 6.45. The summed E-state index contributed by atoms with van der Waals surface area (Å²) in [5, 5.41) is 9.82. The number of hydrogen-bond acceptors (Lipinski definition) is 6. The number of nitrogens with zero attached hydrogens (tertiary/aromatic N) is 1. The summed E-state index contributed by atoms with van der Waals surface area (Å²) >= 11 is 0. The lowest BCUT2D eigenvalue weighted by molar-refractivity contribution is -0.144. The van der Waals surface area contributed by atoms with Gasteiger partial charge in [0.2, 0.25) is 0 Å². The minimum atomic E-state index is -0.441. The highest BCUT2D eigenvalue weighted by Crippen LogP contribution is 2.23. The predicted octanol–water partition coefficient (Wildman–Crippen LogP) is 1.06. The third kappa shape index (κ3) is 3.40.